The molecule has 5 aromatic rings. The van der Waals surface area contributed by atoms with Crippen molar-refractivity contribution >= 4 is 28.4 Å². The molecule has 1 N–H and O–H groups in total. The fraction of sp³-hybridized carbons (Fsp3) is 0.200. The normalized spacial score (nSPS) is 13.7. The zero-order valence-electron chi connectivity index (χ0n) is 22.6. The van der Waals surface area contributed by atoms with E-state index >= 15 is 0 Å². The maximum absolute atomic E-state index is 13.3. The maximum atomic E-state index is 13.3. The lowest BCUT2D eigenvalue weighted by Crippen LogP contribution is -2.44. The summed E-state index contributed by atoms with van der Waals surface area (Å²) in [5.74, 6) is 0.865. The first kappa shape index (κ1) is 25.9. The molecule has 1 aromatic carbocycles. The van der Waals surface area contributed by atoms with Crippen LogP contribution in [-0.4, -0.2) is 67.4 Å². The largest absolute Gasteiger partial charge is 0.369 e. The summed E-state index contributed by atoms with van der Waals surface area (Å²) in [6, 6.07) is 19.2. The molecule has 41 heavy (non-hydrogen) atoms. The van der Waals surface area contributed by atoms with Gasteiger partial charge in [-0.2, -0.15) is 10.2 Å². The second-order valence-electron chi connectivity index (χ2n) is 9.81. The number of fused-ring (bicyclic) bond motifs is 1. The number of anilines is 3. The van der Waals surface area contributed by atoms with Crippen LogP contribution in [0.2, 0.25) is 0 Å². The monoisotopic (exact) mass is 544 g/mol. The first-order valence-corrected chi connectivity index (χ1v) is 13.3. The van der Waals surface area contributed by atoms with Crippen molar-refractivity contribution in [2.75, 3.05) is 43.4 Å². The van der Waals surface area contributed by atoms with Crippen molar-refractivity contribution in [3.8, 4) is 23.1 Å². The highest BCUT2D eigenvalue weighted by atomic mass is 16.1. The van der Waals surface area contributed by atoms with Crippen LogP contribution in [0.25, 0.3) is 28.1 Å². The Labute approximate surface area is 236 Å². The third-order valence-corrected chi connectivity index (χ3v) is 7.09. The summed E-state index contributed by atoms with van der Waals surface area (Å²) >= 11 is 0. The summed E-state index contributed by atoms with van der Waals surface area (Å²) in [5.41, 5.74) is 3.92. The molecule has 0 spiro atoms. The first-order valence-electron chi connectivity index (χ1n) is 13.3. The third-order valence-electron chi connectivity index (χ3n) is 7.09. The van der Waals surface area contributed by atoms with Crippen LogP contribution >= 0.6 is 0 Å². The van der Waals surface area contributed by atoms with E-state index in [-0.39, 0.29) is 12.1 Å². The summed E-state index contributed by atoms with van der Waals surface area (Å²) in [4.78, 5) is 36.2. The van der Waals surface area contributed by atoms with Crippen LogP contribution < -0.4 is 15.8 Å². The SMILES string of the molecule is C=CCn1c(=O)c2cnc(Nc3ccc(N4CCN(C)CC4)cc3)nc2n1-c1cccc(-c2ccc(C#N)nc2)n1. The average molecular weight is 545 g/mol. The van der Waals surface area contributed by atoms with Crippen molar-refractivity contribution < 1.29 is 0 Å². The Morgan fingerprint density at radius 3 is 2.51 bits per heavy atom. The van der Waals surface area contributed by atoms with E-state index in [0.717, 1.165) is 37.4 Å². The minimum atomic E-state index is -0.241. The molecular formula is C30H28N10O. The van der Waals surface area contributed by atoms with Gasteiger partial charge < -0.3 is 15.1 Å². The highest BCUT2D eigenvalue weighted by Gasteiger charge is 2.19. The van der Waals surface area contributed by atoms with E-state index < -0.39 is 0 Å². The molecule has 5 heterocycles. The van der Waals surface area contributed by atoms with Crippen LogP contribution in [0.5, 0.6) is 0 Å². The minimum absolute atomic E-state index is 0.241. The summed E-state index contributed by atoms with van der Waals surface area (Å²) < 4.78 is 3.22. The van der Waals surface area contributed by atoms with Gasteiger partial charge in [-0.25, -0.2) is 24.3 Å². The quantitative estimate of drug-likeness (QED) is 0.306. The molecule has 1 aliphatic heterocycles. The van der Waals surface area contributed by atoms with E-state index in [4.69, 9.17) is 15.2 Å². The lowest BCUT2D eigenvalue weighted by molar-refractivity contribution is 0.313. The number of likely N-dealkylation sites (N-methyl/N-ethyl adjacent to an activating group) is 1. The van der Waals surface area contributed by atoms with Crippen LogP contribution in [0, 0.1) is 11.3 Å². The van der Waals surface area contributed by atoms with Crippen molar-refractivity contribution in [2.45, 2.75) is 6.54 Å². The van der Waals surface area contributed by atoms with Gasteiger partial charge in [0.25, 0.3) is 5.56 Å². The van der Waals surface area contributed by atoms with Crippen LogP contribution in [-0.2, 0) is 6.54 Å². The summed E-state index contributed by atoms with van der Waals surface area (Å²) in [7, 11) is 2.14. The third kappa shape index (κ3) is 5.16. The Morgan fingerprint density at radius 2 is 1.80 bits per heavy atom. The molecule has 1 saturated heterocycles. The molecule has 11 nitrogen and oxygen atoms in total. The van der Waals surface area contributed by atoms with Crippen molar-refractivity contribution in [3.05, 3.63) is 95.7 Å². The van der Waals surface area contributed by atoms with Crippen LogP contribution in [0.3, 0.4) is 0 Å². The molecule has 1 aliphatic rings. The molecule has 4 aromatic heterocycles. The van der Waals surface area contributed by atoms with Gasteiger partial charge in [0.1, 0.15) is 17.1 Å². The Morgan fingerprint density at radius 1 is 1.00 bits per heavy atom. The number of piperazine rings is 1. The number of hydrogen-bond donors (Lipinski definition) is 1. The van der Waals surface area contributed by atoms with Gasteiger partial charge in [0, 0.05) is 55.5 Å². The van der Waals surface area contributed by atoms with Gasteiger partial charge in [-0.1, -0.05) is 12.1 Å². The molecule has 0 amide bonds. The van der Waals surface area contributed by atoms with Crippen molar-refractivity contribution in [1.82, 2.24) is 34.2 Å². The number of allylic oxidation sites excluding steroid dienone is 1. The van der Waals surface area contributed by atoms with Gasteiger partial charge >= 0.3 is 0 Å². The van der Waals surface area contributed by atoms with Crippen molar-refractivity contribution in [3.63, 3.8) is 0 Å². The number of benzene rings is 1. The Kier molecular flexibility index (Phi) is 6.97. The first-order chi connectivity index (χ1) is 20.0. The van der Waals surface area contributed by atoms with Crippen LogP contribution in [0.1, 0.15) is 5.69 Å². The van der Waals surface area contributed by atoms with Crippen LogP contribution in [0.4, 0.5) is 17.3 Å². The van der Waals surface area contributed by atoms with Crippen molar-refractivity contribution in [2.24, 2.45) is 0 Å². The van der Waals surface area contributed by atoms with Gasteiger partial charge in [0.05, 0.1) is 12.2 Å². The smallest absolute Gasteiger partial charge is 0.278 e. The Balaban J connectivity index is 1.35. The predicted molar refractivity (Wildman–Crippen MR) is 158 cm³/mol. The van der Waals surface area contributed by atoms with E-state index in [1.165, 1.54) is 16.6 Å². The molecule has 6 rings (SSSR count). The highest BCUT2D eigenvalue weighted by molar-refractivity contribution is 5.77. The Hall–Kier alpha value is -5.34. The molecular weight excluding hydrogens is 516 g/mol. The molecule has 0 radical (unpaired) electrons. The number of nitrogens with zero attached hydrogens (tertiary/aromatic N) is 9. The summed E-state index contributed by atoms with van der Waals surface area (Å²) in [5, 5.41) is 12.7. The number of rotatable bonds is 7. The zero-order chi connectivity index (χ0) is 28.3. The number of nitrogens with one attached hydrogen (secondary N) is 1. The van der Waals surface area contributed by atoms with Gasteiger partial charge in [-0.15, -0.1) is 6.58 Å². The van der Waals surface area contributed by atoms with Gasteiger partial charge in [-0.3, -0.25) is 4.79 Å². The zero-order valence-corrected chi connectivity index (χ0v) is 22.6. The molecule has 0 aliphatic carbocycles. The fourth-order valence-electron chi connectivity index (χ4n) is 4.87. The van der Waals surface area contributed by atoms with Crippen molar-refractivity contribution in [1.29, 1.82) is 5.26 Å². The van der Waals surface area contributed by atoms with E-state index in [9.17, 15) is 4.79 Å². The fourth-order valence-corrected chi connectivity index (χ4v) is 4.87. The molecule has 0 atom stereocenters. The highest BCUT2D eigenvalue weighted by Crippen LogP contribution is 2.23. The van der Waals surface area contributed by atoms with Gasteiger partial charge in [0.15, 0.2) is 11.5 Å². The number of aromatic nitrogens is 6. The standard InChI is InChI=1S/C30H28N10O/c1-3-13-39-29(41)25-20-33-30(34-22-9-11-24(12-10-22)38-16-14-37(2)15-17-38)36-28(25)40(39)27-6-4-5-26(35-27)21-7-8-23(18-31)32-19-21/h3-12,19-20H,1,13-17H2,2H3,(H,33,34,36). The van der Waals surface area contributed by atoms with E-state index in [1.807, 2.05) is 36.4 Å². The second-order valence-corrected chi connectivity index (χ2v) is 9.81. The topological polar surface area (TPSA) is 121 Å². The summed E-state index contributed by atoms with van der Waals surface area (Å²) in [6.07, 6.45) is 4.80. The van der Waals surface area contributed by atoms with E-state index in [1.54, 1.807) is 29.1 Å². The molecule has 0 unspecified atom stereocenters. The lowest BCUT2D eigenvalue weighted by Gasteiger charge is -2.34. The Bertz CT molecular complexity index is 1810. The predicted octanol–water partition coefficient (Wildman–Crippen LogP) is 3.59. The molecule has 0 bridgehead atoms. The summed E-state index contributed by atoms with van der Waals surface area (Å²) in [6.45, 7) is 8.17. The maximum Gasteiger partial charge on any atom is 0.278 e. The van der Waals surface area contributed by atoms with E-state index in [2.05, 4.69) is 50.8 Å². The molecule has 11 heteroatoms. The molecule has 1 fully saturated rings. The lowest BCUT2D eigenvalue weighted by atomic mass is 10.2. The van der Waals surface area contributed by atoms with E-state index in [0.29, 0.717) is 34.2 Å². The minimum Gasteiger partial charge on any atom is -0.369 e. The molecule has 204 valence electrons. The van der Waals surface area contributed by atoms with Gasteiger partial charge in [0.2, 0.25) is 5.95 Å². The molecule has 0 saturated carbocycles. The number of pyridine rings is 2. The number of nitriles is 1. The second kappa shape index (κ2) is 11.0. The average Bonchev–Trinajstić information content (AvgIpc) is 3.28. The van der Waals surface area contributed by atoms with Crippen LogP contribution in [0.15, 0.2) is 84.4 Å². The number of hydrogen-bond acceptors (Lipinski definition) is 9. The van der Waals surface area contributed by atoms with Gasteiger partial charge in [-0.05, 0) is 55.6 Å².